The Morgan fingerprint density at radius 2 is 0.625 bits per heavy atom. The molecule has 0 aliphatic heterocycles. The number of hydrogen-bond acceptors (Lipinski definition) is 6. The minimum absolute atomic E-state index is 1.03. The second-order valence-corrected chi connectivity index (χ2v) is 21.3. The smallest absolute Gasteiger partial charge is 0.0640 e. The van der Waals surface area contributed by atoms with Crippen LogP contribution in [-0.4, -0.2) is 0 Å². The number of benzene rings is 11. The molecular formula is C66H43N3S3. The van der Waals surface area contributed by atoms with Gasteiger partial charge in [-0.05, 0) is 120 Å². The number of rotatable bonds is 10. The first kappa shape index (κ1) is 42.4. The van der Waals surface area contributed by atoms with Crippen LogP contribution in [0.25, 0.3) is 71.6 Å². The van der Waals surface area contributed by atoms with E-state index in [1.807, 2.05) is 34.0 Å². The van der Waals surface area contributed by atoms with E-state index in [2.05, 4.69) is 276 Å². The van der Waals surface area contributed by atoms with Gasteiger partial charge in [-0.15, -0.1) is 34.0 Å². The number of hydrogen-bond donors (Lipinski definition) is 0. The molecule has 0 spiro atoms. The van der Waals surface area contributed by atoms with E-state index in [9.17, 15) is 0 Å². The summed E-state index contributed by atoms with van der Waals surface area (Å²) in [6, 6.07) is 95.5. The molecule has 14 rings (SSSR count). The Bertz CT molecular complexity index is 4290. The van der Waals surface area contributed by atoms with E-state index in [0.717, 1.165) is 51.2 Å². The first-order valence-corrected chi connectivity index (χ1v) is 26.7. The Morgan fingerprint density at radius 3 is 1.22 bits per heavy atom. The molecule has 0 atom stereocenters. The quantitative estimate of drug-likeness (QED) is 0.135. The van der Waals surface area contributed by atoms with Crippen molar-refractivity contribution in [3.8, 4) is 11.1 Å². The molecule has 3 aromatic heterocycles. The van der Waals surface area contributed by atoms with Crippen molar-refractivity contribution in [2.45, 2.75) is 0 Å². The highest BCUT2D eigenvalue weighted by molar-refractivity contribution is 7.27. The Morgan fingerprint density at radius 1 is 0.222 bits per heavy atom. The number of nitrogens with zero attached hydrogens (tertiary/aromatic N) is 3. The fourth-order valence-corrected chi connectivity index (χ4v) is 14.1. The molecule has 340 valence electrons. The lowest BCUT2D eigenvalue weighted by atomic mass is 10.0. The maximum absolute atomic E-state index is 2.46. The summed E-state index contributed by atoms with van der Waals surface area (Å²) < 4.78 is 7.71. The van der Waals surface area contributed by atoms with Crippen molar-refractivity contribution in [2.75, 3.05) is 14.7 Å². The summed E-state index contributed by atoms with van der Waals surface area (Å²) in [5, 5.41) is 7.67. The van der Waals surface area contributed by atoms with Gasteiger partial charge in [-0.2, -0.15) is 0 Å². The normalized spacial score (nSPS) is 11.6. The third kappa shape index (κ3) is 7.30. The molecule has 0 bridgehead atoms. The number of anilines is 9. The molecule has 0 fully saturated rings. The monoisotopic (exact) mass is 973 g/mol. The zero-order valence-electron chi connectivity index (χ0n) is 38.9. The van der Waals surface area contributed by atoms with E-state index < -0.39 is 0 Å². The van der Waals surface area contributed by atoms with Gasteiger partial charge in [0.2, 0.25) is 0 Å². The molecule has 3 heterocycles. The molecular weight excluding hydrogens is 931 g/mol. The van der Waals surface area contributed by atoms with Gasteiger partial charge in [0.15, 0.2) is 0 Å². The van der Waals surface area contributed by atoms with E-state index in [-0.39, 0.29) is 0 Å². The SMILES string of the molecule is c1ccc(N(c2ccc(-c3cccc4c3sc3ccccc34)cc2)c2cc(N(c3ccccc3)c3ccc4sc5ccccc5c4c3)cc(N(c3ccccc3)c3cccc4c3sc3ccccc34)c2)cc1. The summed E-state index contributed by atoms with van der Waals surface area (Å²) in [7, 11) is 0. The van der Waals surface area contributed by atoms with Gasteiger partial charge in [-0.1, -0.05) is 152 Å². The topological polar surface area (TPSA) is 9.72 Å². The number of para-hydroxylation sites is 3. The number of fused-ring (bicyclic) bond motifs is 9. The Hall–Kier alpha value is -8.52. The first-order chi connectivity index (χ1) is 35.7. The van der Waals surface area contributed by atoms with Crippen LogP contribution in [0, 0.1) is 0 Å². The molecule has 14 aromatic rings. The molecule has 0 aliphatic carbocycles. The second-order valence-electron chi connectivity index (χ2n) is 18.1. The lowest BCUT2D eigenvalue weighted by Crippen LogP contribution is -2.16. The van der Waals surface area contributed by atoms with Crippen LogP contribution in [-0.2, 0) is 0 Å². The molecule has 0 unspecified atom stereocenters. The molecule has 11 aromatic carbocycles. The van der Waals surface area contributed by atoms with Crippen molar-refractivity contribution >= 4 is 146 Å². The van der Waals surface area contributed by atoms with Crippen LogP contribution in [0.3, 0.4) is 0 Å². The van der Waals surface area contributed by atoms with Gasteiger partial charge >= 0.3 is 0 Å². The van der Waals surface area contributed by atoms with Gasteiger partial charge < -0.3 is 14.7 Å². The molecule has 0 amide bonds. The van der Waals surface area contributed by atoms with Crippen molar-refractivity contribution in [1.29, 1.82) is 0 Å². The molecule has 72 heavy (non-hydrogen) atoms. The van der Waals surface area contributed by atoms with Crippen LogP contribution < -0.4 is 14.7 Å². The zero-order chi connectivity index (χ0) is 47.5. The minimum atomic E-state index is 1.03. The molecule has 0 N–H and O–H groups in total. The van der Waals surface area contributed by atoms with Crippen LogP contribution in [0.2, 0.25) is 0 Å². The van der Waals surface area contributed by atoms with Gasteiger partial charge in [0, 0.05) is 84.3 Å². The predicted molar refractivity (Wildman–Crippen MR) is 315 cm³/mol. The zero-order valence-corrected chi connectivity index (χ0v) is 41.3. The van der Waals surface area contributed by atoms with Gasteiger partial charge in [-0.25, -0.2) is 0 Å². The van der Waals surface area contributed by atoms with E-state index >= 15 is 0 Å². The van der Waals surface area contributed by atoms with Crippen LogP contribution in [0.5, 0.6) is 0 Å². The summed E-state index contributed by atoms with van der Waals surface area (Å²) in [5.74, 6) is 0. The summed E-state index contributed by atoms with van der Waals surface area (Å²) in [5.41, 5.74) is 12.0. The van der Waals surface area contributed by atoms with Crippen molar-refractivity contribution < 1.29 is 0 Å². The summed E-state index contributed by atoms with van der Waals surface area (Å²) in [6.45, 7) is 0. The van der Waals surface area contributed by atoms with Crippen LogP contribution >= 0.6 is 34.0 Å². The van der Waals surface area contributed by atoms with Crippen molar-refractivity contribution in [2.24, 2.45) is 0 Å². The molecule has 0 radical (unpaired) electrons. The largest absolute Gasteiger partial charge is 0.310 e. The standard InChI is InChI=1S/C66H43N3S3/c1-4-18-45(19-5-1)67(48-36-34-44(35-37-48)53-27-16-28-57-54-24-10-14-32-62(54)71-65(53)57)50-40-51(68(46-20-6-2-7-21-46)49-38-39-64-59(43-49)56-26-12-13-31-61(56)70-64)42-52(41-50)69(47-22-8-3-9-23-47)60-30-17-29-58-55-25-11-15-33-63(55)72-66(58)60/h1-43H. The van der Waals surface area contributed by atoms with E-state index in [1.165, 1.54) is 71.6 Å². The fourth-order valence-electron chi connectivity index (χ4n) is 10.5. The molecule has 0 saturated carbocycles. The average molecular weight is 974 g/mol. The Kier molecular flexibility index (Phi) is 10.4. The van der Waals surface area contributed by atoms with Crippen LogP contribution in [0.4, 0.5) is 51.2 Å². The third-order valence-corrected chi connectivity index (χ3v) is 17.4. The fraction of sp³-hybridized carbons (Fsp3) is 0. The highest BCUT2D eigenvalue weighted by Crippen LogP contribution is 2.50. The van der Waals surface area contributed by atoms with Gasteiger partial charge in [0.05, 0.1) is 27.4 Å². The van der Waals surface area contributed by atoms with Gasteiger partial charge in [-0.3, -0.25) is 0 Å². The first-order valence-electron chi connectivity index (χ1n) is 24.2. The maximum atomic E-state index is 2.46. The van der Waals surface area contributed by atoms with Crippen LogP contribution in [0.1, 0.15) is 0 Å². The summed E-state index contributed by atoms with van der Waals surface area (Å²) >= 11 is 5.58. The molecule has 6 heteroatoms. The van der Waals surface area contributed by atoms with Gasteiger partial charge in [0.1, 0.15) is 0 Å². The van der Waals surface area contributed by atoms with E-state index in [0.29, 0.717) is 0 Å². The van der Waals surface area contributed by atoms with Gasteiger partial charge in [0.25, 0.3) is 0 Å². The summed E-state index contributed by atoms with van der Waals surface area (Å²) in [4.78, 5) is 7.31. The molecule has 3 nitrogen and oxygen atoms in total. The maximum Gasteiger partial charge on any atom is 0.0640 e. The summed E-state index contributed by atoms with van der Waals surface area (Å²) in [6.07, 6.45) is 0. The predicted octanol–water partition coefficient (Wildman–Crippen LogP) is 20.9. The highest BCUT2D eigenvalue weighted by atomic mass is 32.1. The minimum Gasteiger partial charge on any atom is -0.310 e. The highest BCUT2D eigenvalue weighted by Gasteiger charge is 2.25. The van der Waals surface area contributed by atoms with Crippen molar-refractivity contribution in [3.63, 3.8) is 0 Å². The Labute approximate surface area is 429 Å². The third-order valence-electron chi connectivity index (χ3n) is 13.8. The van der Waals surface area contributed by atoms with Crippen molar-refractivity contribution in [1.82, 2.24) is 0 Å². The molecule has 0 saturated heterocycles. The lowest BCUT2D eigenvalue weighted by Gasteiger charge is -2.33. The number of thiophene rings is 3. The second kappa shape index (κ2) is 17.7. The van der Waals surface area contributed by atoms with Crippen LogP contribution in [0.15, 0.2) is 261 Å². The molecule has 0 aliphatic rings. The Balaban J connectivity index is 1.02. The lowest BCUT2D eigenvalue weighted by molar-refractivity contribution is 1.23. The average Bonchev–Trinajstić information content (AvgIpc) is 4.14. The van der Waals surface area contributed by atoms with E-state index in [4.69, 9.17) is 0 Å². The van der Waals surface area contributed by atoms with Crippen molar-refractivity contribution in [3.05, 3.63) is 261 Å². The van der Waals surface area contributed by atoms with E-state index in [1.54, 1.807) is 0 Å².